The second kappa shape index (κ2) is 5.84. The van der Waals surface area contributed by atoms with Crippen molar-refractivity contribution >= 4 is 11.8 Å². The zero-order valence-electron chi connectivity index (χ0n) is 11.1. The highest BCUT2D eigenvalue weighted by molar-refractivity contribution is 5.90. The molecule has 0 saturated carbocycles. The van der Waals surface area contributed by atoms with Gasteiger partial charge < -0.3 is 15.0 Å². The van der Waals surface area contributed by atoms with E-state index in [1.54, 1.807) is 11.9 Å². The average Bonchev–Trinajstić information content (AvgIpc) is 2.73. The number of likely N-dealkylation sites (N-methyl/N-ethyl adjacent to an activating group) is 1. The monoisotopic (exact) mass is 262 g/mol. The molecule has 1 heterocycles. The maximum Gasteiger partial charge on any atom is 0.254 e. The highest BCUT2D eigenvalue weighted by atomic mass is 16.5. The third-order valence-corrected chi connectivity index (χ3v) is 3.32. The van der Waals surface area contributed by atoms with E-state index in [0.29, 0.717) is 13.0 Å². The quantitative estimate of drug-likeness (QED) is 0.870. The number of carbonyl (C=O) groups excluding carboxylic acids is 2. The van der Waals surface area contributed by atoms with E-state index >= 15 is 0 Å². The Balaban J connectivity index is 2.04. The van der Waals surface area contributed by atoms with Gasteiger partial charge in [-0.15, -0.1) is 0 Å². The molecule has 102 valence electrons. The Labute approximate surface area is 112 Å². The number of nitrogens with zero attached hydrogens (tertiary/aromatic N) is 1. The zero-order chi connectivity index (χ0) is 13.8. The summed E-state index contributed by atoms with van der Waals surface area (Å²) in [6.07, 6.45) is -0.0355. The summed E-state index contributed by atoms with van der Waals surface area (Å²) in [5.41, 5.74) is 0.779. The molecule has 0 bridgehead atoms. The fourth-order valence-corrected chi connectivity index (χ4v) is 2.23. The maximum atomic E-state index is 12.2. The van der Waals surface area contributed by atoms with Crippen LogP contribution in [-0.2, 0) is 14.3 Å². The first-order valence-electron chi connectivity index (χ1n) is 6.26. The number of methoxy groups -OCH3 is 1. The number of carbonyl (C=O) groups is 2. The van der Waals surface area contributed by atoms with Crippen molar-refractivity contribution in [2.75, 3.05) is 20.7 Å². The molecule has 2 rings (SSSR count). The molecular weight excluding hydrogens is 244 g/mol. The summed E-state index contributed by atoms with van der Waals surface area (Å²) in [5.74, 6) is -0.321. The highest BCUT2D eigenvalue weighted by Gasteiger charge is 2.32. The molecule has 1 saturated heterocycles. The Bertz CT molecular complexity index is 461. The third-order valence-electron chi connectivity index (χ3n) is 3.32. The fraction of sp³-hybridized carbons (Fsp3) is 0.429. The molecule has 0 spiro atoms. The summed E-state index contributed by atoms with van der Waals surface area (Å²) in [6.45, 7) is 0.673. The van der Waals surface area contributed by atoms with Crippen LogP contribution in [0, 0.1) is 0 Å². The van der Waals surface area contributed by atoms with Gasteiger partial charge in [-0.25, -0.2) is 0 Å². The number of hydrogen-bond donors (Lipinski definition) is 1. The maximum absolute atomic E-state index is 12.2. The molecule has 2 atom stereocenters. The van der Waals surface area contributed by atoms with E-state index in [4.69, 9.17) is 4.74 Å². The molecule has 0 aliphatic carbocycles. The predicted molar refractivity (Wildman–Crippen MR) is 70.4 cm³/mol. The van der Waals surface area contributed by atoms with Crippen molar-refractivity contribution in [1.82, 2.24) is 10.2 Å². The van der Waals surface area contributed by atoms with Crippen LogP contribution >= 0.6 is 0 Å². The minimum atomic E-state index is -0.681. The van der Waals surface area contributed by atoms with Crippen molar-refractivity contribution in [3.8, 4) is 0 Å². The van der Waals surface area contributed by atoms with E-state index < -0.39 is 12.1 Å². The predicted octanol–water partition coefficient (Wildman–Crippen LogP) is 0.721. The number of amides is 2. The Morgan fingerprint density at radius 2 is 2.11 bits per heavy atom. The molecule has 2 unspecified atom stereocenters. The van der Waals surface area contributed by atoms with Gasteiger partial charge in [-0.1, -0.05) is 30.3 Å². The number of ether oxygens (including phenoxy) is 1. The topological polar surface area (TPSA) is 58.6 Å². The van der Waals surface area contributed by atoms with Crippen molar-refractivity contribution in [1.29, 1.82) is 0 Å². The van der Waals surface area contributed by atoms with Crippen molar-refractivity contribution < 1.29 is 14.3 Å². The lowest BCUT2D eigenvalue weighted by Gasteiger charge is -2.18. The van der Waals surface area contributed by atoms with Crippen molar-refractivity contribution in [2.24, 2.45) is 0 Å². The summed E-state index contributed by atoms with van der Waals surface area (Å²) >= 11 is 0. The standard InChI is InChI=1S/C14H18N2O3/c1-16-9-8-11(14(16)18)15-13(17)12(19-2)10-6-4-3-5-7-10/h3-7,11-12H,8-9H2,1-2H3,(H,15,17). The molecule has 1 aromatic carbocycles. The smallest absolute Gasteiger partial charge is 0.254 e. The largest absolute Gasteiger partial charge is 0.367 e. The van der Waals surface area contributed by atoms with E-state index in [9.17, 15) is 9.59 Å². The lowest BCUT2D eigenvalue weighted by atomic mass is 10.1. The molecule has 0 radical (unpaired) electrons. The summed E-state index contributed by atoms with van der Waals surface area (Å²) in [7, 11) is 3.22. The van der Waals surface area contributed by atoms with Gasteiger partial charge in [0.1, 0.15) is 6.04 Å². The number of nitrogens with one attached hydrogen (secondary N) is 1. The van der Waals surface area contributed by atoms with E-state index in [1.165, 1.54) is 7.11 Å². The minimum absolute atomic E-state index is 0.0451. The number of benzene rings is 1. The molecule has 1 aliphatic heterocycles. The minimum Gasteiger partial charge on any atom is -0.367 e. The van der Waals surface area contributed by atoms with Crippen LogP contribution in [-0.4, -0.2) is 43.5 Å². The van der Waals surface area contributed by atoms with Gasteiger partial charge >= 0.3 is 0 Å². The Morgan fingerprint density at radius 1 is 1.42 bits per heavy atom. The molecular formula is C14H18N2O3. The normalized spacial score (nSPS) is 20.4. The van der Waals surface area contributed by atoms with Crippen LogP contribution in [0.2, 0.25) is 0 Å². The number of rotatable bonds is 4. The summed E-state index contributed by atoms with van der Waals surface area (Å²) in [5, 5.41) is 2.75. The lowest BCUT2D eigenvalue weighted by Crippen LogP contribution is -2.43. The first kappa shape index (κ1) is 13.5. The van der Waals surface area contributed by atoms with Crippen LogP contribution in [0.5, 0.6) is 0 Å². The Morgan fingerprint density at radius 3 is 2.63 bits per heavy atom. The van der Waals surface area contributed by atoms with Crippen LogP contribution in [0.25, 0.3) is 0 Å². The van der Waals surface area contributed by atoms with Gasteiger partial charge in [0.2, 0.25) is 5.91 Å². The Hall–Kier alpha value is -1.88. The molecule has 1 fully saturated rings. The van der Waals surface area contributed by atoms with Crippen LogP contribution in [0.3, 0.4) is 0 Å². The van der Waals surface area contributed by atoms with E-state index in [1.807, 2.05) is 30.3 Å². The van der Waals surface area contributed by atoms with Gasteiger partial charge in [0.25, 0.3) is 5.91 Å². The molecule has 1 aromatic rings. The van der Waals surface area contributed by atoms with Gasteiger partial charge in [-0.3, -0.25) is 9.59 Å². The van der Waals surface area contributed by atoms with E-state index in [0.717, 1.165) is 5.56 Å². The SMILES string of the molecule is COC(C(=O)NC1CCN(C)C1=O)c1ccccc1. The van der Waals surface area contributed by atoms with E-state index in [-0.39, 0.29) is 11.8 Å². The van der Waals surface area contributed by atoms with Gasteiger partial charge in [0, 0.05) is 20.7 Å². The van der Waals surface area contributed by atoms with Gasteiger partial charge in [0.05, 0.1) is 0 Å². The van der Waals surface area contributed by atoms with Crippen LogP contribution in [0.15, 0.2) is 30.3 Å². The van der Waals surface area contributed by atoms with Gasteiger partial charge in [0.15, 0.2) is 6.10 Å². The summed E-state index contributed by atoms with van der Waals surface area (Å²) in [6, 6.07) is 8.81. The molecule has 5 nitrogen and oxygen atoms in total. The van der Waals surface area contributed by atoms with Crippen molar-refractivity contribution in [2.45, 2.75) is 18.6 Å². The van der Waals surface area contributed by atoms with Crippen molar-refractivity contribution in [3.63, 3.8) is 0 Å². The average molecular weight is 262 g/mol. The summed E-state index contributed by atoms with van der Waals surface area (Å²) < 4.78 is 5.23. The zero-order valence-corrected chi connectivity index (χ0v) is 11.1. The number of hydrogen-bond acceptors (Lipinski definition) is 3. The number of likely N-dealkylation sites (tertiary alicyclic amines) is 1. The molecule has 2 amide bonds. The lowest BCUT2D eigenvalue weighted by molar-refractivity contribution is -0.136. The van der Waals surface area contributed by atoms with Crippen molar-refractivity contribution in [3.05, 3.63) is 35.9 Å². The van der Waals surface area contributed by atoms with Crippen LogP contribution in [0.4, 0.5) is 0 Å². The second-order valence-corrected chi connectivity index (χ2v) is 4.64. The highest BCUT2D eigenvalue weighted by Crippen LogP contribution is 2.17. The first-order valence-corrected chi connectivity index (χ1v) is 6.26. The molecule has 1 N–H and O–H groups in total. The van der Waals surface area contributed by atoms with Gasteiger partial charge in [-0.05, 0) is 12.0 Å². The summed E-state index contributed by atoms with van der Waals surface area (Å²) in [4.78, 5) is 25.6. The Kier molecular flexibility index (Phi) is 4.16. The van der Waals surface area contributed by atoms with Gasteiger partial charge in [-0.2, -0.15) is 0 Å². The van der Waals surface area contributed by atoms with E-state index in [2.05, 4.69) is 5.32 Å². The fourth-order valence-electron chi connectivity index (χ4n) is 2.23. The molecule has 0 aromatic heterocycles. The molecule has 19 heavy (non-hydrogen) atoms. The second-order valence-electron chi connectivity index (χ2n) is 4.64. The van der Waals surface area contributed by atoms with Crippen LogP contribution in [0.1, 0.15) is 18.1 Å². The first-order chi connectivity index (χ1) is 9.13. The third kappa shape index (κ3) is 2.93. The molecule has 5 heteroatoms. The molecule has 1 aliphatic rings. The van der Waals surface area contributed by atoms with Crippen LogP contribution < -0.4 is 5.32 Å².